The third-order valence-electron chi connectivity index (χ3n) is 3.84. The van der Waals surface area contributed by atoms with Crippen molar-refractivity contribution in [2.75, 3.05) is 7.11 Å². The number of hydrazone groups is 1. The molecule has 0 atom stereocenters. The van der Waals surface area contributed by atoms with Gasteiger partial charge in [-0.15, -0.1) is 0 Å². The van der Waals surface area contributed by atoms with Crippen molar-refractivity contribution >= 4 is 22.9 Å². The Hall–Kier alpha value is -3.34. The fourth-order valence-electron chi connectivity index (χ4n) is 2.61. The van der Waals surface area contributed by atoms with Gasteiger partial charge in [0, 0.05) is 0 Å². The molecule has 0 aliphatic heterocycles. The van der Waals surface area contributed by atoms with Crippen LogP contribution in [0.15, 0.2) is 65.8 Å². The molecule has 5 heteroatoms. The van der Waals surface area contributed by atoms with Gasteiger partial charge in [-0.3, -0.25) is 4.79 Å². The van der Waals surface area contributed by atoms with Crippen LogP contribution in [0.1, 0.15) is 11.1 Å². The third kappa shape index (κ3) is 3.95. The number of hydrogen-bond acceptors (Lipinski definition) is 4. The molecule has 0 aromatic heterocycles. The highest BCUT2D eigenvalue weighted by molar-refractivity contribution is 5.90. The summed E-state index contributed by atoms with van der Waals surface area (Å²) in [4.78, 5) is 12.1. The first-order valence-electron chi connectivity index (χ1n) is 7.83. The van der Waals surface area contributed by atoms with Crippen LogP contribution in [0.2, 0.25) is 0 Å². The Morgan fingerprint density at radius 1 is 1.16 bits per heavy atom. The van der Waals surface area contributed by atoms with Crippen LogP contribution in [0, 0.1) is 0 Å². The maximum absolute atomic E-state index is 12.1. The minimum absolute atomic E-state index is 0.0552. The third-order valence-corrected chi connectivity index (χ3v) is 3.84. The van der Waals surface area contributed by atoms with E-state index in [2.05, 4.69) is 10.5 Å². The lowest BCUT2D eigenvalue weighted by Crippen LogP contribution is -2.19. The fraction of sp³-hybridized carbons (Fsp3) is 0.100. The number of rotatable bonds is 5. The number of benzene rings is 3. The lowest BCUT2D eigenvalue weighted by Gasteiger charge is -2.06. The molecule has 3 aromatic rings. The molecule has 126 valence electrons. The fourth-order valence-corrected chi connectivity index (χ4v) is 2.61. The first kappa shape index (κ1) is 16.5. The van der Waals surface area contributed by atoms with Crippen LogP contribution in [-0.4, -0.2) is 24.3 Å². The van der Waals surface area contributed by atoms with Crippen molar-refractivity contribution in [2.45, 2.75) is 6.42 Å². The number of aromatic hydroxyl groups is 1. The Morgan fingerprint density at radius 3 is 2.80 bits per heavy atom. The summed E-state index contributed by atoms with van der Waals surface area (Å²) in [5, 5.41) is 15.7. The molecule has 0 fully saturated rings. The first-order chi connectivity index (χ1) is 12.2. The van der Waals surface area contributed by atoms with Crippen molar-refractivity contribution in [3.63, 3.8) is 0 Å². The maximum atomic E-state index is 12.1. The predicted molar refractivity (Wildman–Crippen MR) is 98.0 cm³/mol. The molecule has 0 heterocycles. The quantitative estimate of drug-likeness (QED) is 0.556. The van der Waals surface area contributed by atoms with Crippen molar-refractivity contribution in [1.82, 2.24) is 5.43 Å². The van der Waals surface area contributed by atoms with Gasteiger partial charge in [0.1, 0.15) is 0 Å². The minimum Gasteiger partial charge on any atom is -0.504 e. The van der Waals surface area contributed by atoms with Crippen molar-refractivity contribution in [1.29, 1.82) is 0 Å². The van der Waals surface area contributed by atoms with Gasteiger partial charge in [-0.1, -0.05) is 42.5 Å². The molecule has 0 saturated carbocycles. The molecule has 0 saturated heterocycles. The second-order valence-electron chi connectivity index (χ2n) is 5.54. The number of nitrogens with zero attached hydrogens (tertiary/aromatic N) is 1. The molecule has 3 aromatic carbocycles. The summed E-state index contributed by atoms with van der Waals surface area (Å²) in [6.07, 6.45) is 1.75. The zero-order valence-corrected chi connectivity index (χ0v) is 13.8. The van der Waals surface area contributed by atoms with Crippen LogP contribution in [0.25, 0.3) is 10.8 Å². The SMILES string of the molecule is COc1cc(/C=N\NC(=O)Cc2cccc3ccccc23)ccc1O. The lowest BCUT2D eigenvalue weighted by atomic mass is 10.0. The molecule has 0 spiro atoms. The number of nitrogens with one attached hydrogen (secondary N) is 1. The van der Waals surface area contributed by atoms with Gasteiger partial charge in [0.25, 0.3) is 0 Å². The van der Waals surface area contributed by atoms with Crippen molar-refractivity contribution in [3.05, 3.63) is 71.8 Å². The highest BCUT2D eigenvalue weighted by Crippen LogP contribution is 2.25. The van der Waals surface area contributed by atoms with Gasteiger partial charge in [0.2, 0.25) is 5.91 Å². The Morgan fingerprint density at radius 2 is 1.96 bits per heavy atom. The summed E-state index contributed by atoms with van der Waals surface area (Å²) >= 11 is 0. The van der Waals surface area contributed by atoms with Crippen molar-refractivity contribution < 1.29 is 14.6 Å². The van der Waals surface area contributed by atoms with Gasteiger partial charge >= 0.3 is 0 Å². The monoisotopic (exact) mass is 334 g/mol. The number of carbonyl (C=O) groups excluding carboxylic acids is 1. The molecule has 2 N–H and O–H groups in total. The molecular formula is C20H18N2O3. The van der Waals surface area contributed by atoms with Crippen LogP contribution in [-0.2, 0) is 11.2 Å². The van der Waals surface area contributed by atoms with Crippen LogP contribution in [0.5, 0.6) is 11.5 Å². The number of phenols is 1. The van der Waals surface area contributed by atoms with Gasteiger partial charge in [0.05, 0.1) is 19.7 Å². The topological polar surface area (TPSA) is 70.9 Å². The first-order valence-corrected chi connectivity index (χ1v) is 7.83. The van der Waals surface area contributed by atoms with E-state index >= 15 is 0 Å². The van der Waals surface area contributed by atoms with Crippen LogP contribution in [0.4, 0.5) is 0 Å². The minimum atomic E-state index is -0.196. The molecule has 25 heavy (non-hydrogen) atoms. The number of amides is 1. The summed E-state index contributed by atoms with van der Waals surface area (Å²) in [6.45, 7) is 0. The van der Waals surface area contributed by atoms with Gasteiger partial charge < -0.3 is 9.84 Å². The summed E-state index contributed by atoms with van der Waals surface area (Å²) in [5.41, 5.74) is 4.19. The normalized spacial score (nSPS) is 10.9. The molecule has 0 bridgehead atoms. The van der Waals surface area contributed by atoms with Gasteiger partial charge in [-0.2, -0.15) is 5.10 Å². The van der Waals surface area contributed by atoms with Gasteiger partial charge in [0.15, 0.2) is 11.5 Å². The number of ether oxygens (including phenoxy) is 1. The number of phenolic OH excluding ortho intramolecular Hbond substituents is 1. The predicted octanol–water partition coefficient (Wildman–Crippen LogP) is 3.25. The average Bonchev–Trinajstić information content (AvgIpc) is 2.63. The molecule has 0 radical (unpaired) electrons. The van der Waals surface area contributed by atoms with Crippen molar-refractivity contribution in [3.8, 4) is 11.5 Å². The zero-order chi connectivity index (χ0) is 17.6. The molecule has 0 aliphatic carbocycles. The van der Waals surface area contributed by atoms with Crippen molar-refractivity contribution in [2.24, 2.45) is 5.10 Å². The van der Waals surface area contributed by atoms with E-state index in [0.717, 1.165) is 16.3 Å². The molecule has 0 unspecified atom stereocenters. The van der Waals surface area contributed by atoms with E-state index in [1.807, 2.05) is 42.5 Å². The van der Waals surface area contributed by atoms with E-state index in [-0.39, 0.29) is 18.1 Å². The number of hydrogen-bond donors (Lipinski definition) is 2. The smallest absolute Gasteiger partial charge is 0.244 e. The van der Waals surface area contributed by atoms with Gasteiger partial charge in [-0.25, -0.2) is 5.43 Å². The molecule has 0 aliphatic rings. The average molecular weight is 334 g/mol. The molecule has 3 rings (SSSR count). The number of carbonyl (C=O) groups is 1. The van der Waals surface area contributed by atoms with Crippen LogP contribution < -0.4 is 10.2 Å². The highest BCUT2D eigenvalue weighted by atomic mass is 16.5. The van der Waals surface area contributed by atoms with E-state index in [1.54, 1.807) is 12.1 Å². The summed E-state index contributed by atoms with van der Waals surface area (Å²) in [7, 11) is 1.47. The summed E-state index contributed by atoms with van der Waals surface area (Å²) < 4.78 is 5.03. The maximum Gasteiger partial charge on any atom is 0.244 e. The number of methoxy groups -OCH3 is 1. The Bertz CT molecular complexity index is 930. The van der Waals surface area contributed by atoms with E-state index in [0.29, 0.717) is 11.3 Å². The summed E-state index contributed by atoms with van der Waals surface area (Å²) in [5.74, 6) is 0.212. The Kier molecular flexibility index (Phi) is 4.95. The van der Waals surface area contributed by atoms with E-state index < -0.39 is 0 Å². The van der Waals surface area contributed by atoms with E-state index in [1.165, 1.54) is 19.4 Å². The largest absolute Gasteiger partial charge is 0.504 e. The zero-order valence-electron chi connectivity index (χ0n) is 13.8. The van der Waals surface area contributed by atoms with E-state index in [4.69, 9.17) is 4.74 Å². The van der Waals surface area contributed by atoms with E-state index in [9.17, 15) is 9.90 Å². The molecule has 1 amide bonds. The van der Waals surface area contributed by atoms with Gasteiger partial charge in [-0.05, 0) is 40.1 Å². The molecular weight excluding hydrogens is 316 g/mol. The summed E-state index contributed by atoms with van der Waals surface area (Å²) in [6, 6.07) is 18.7. The lowest BCUT2D eigenvalue weighted by molar-refractivity contribution is -0.120. The Balaban J connectivity index is 1.66. The van der Waals surface area contributed by atoms with Crippen LogP contribution in [0.3, 0.4) is 0 Å². The standard InChI is InChI=1S/C20H18N2O3/c1-25-19-11-14(9-10-18(19)23)13-21-22-20(24)12-16-7-4-6-15-5-2-3-8-17(15)16/h2-11,13,23H,12H2,1H3,(H,22,24)/b21-13-. The Labute approximate surface area is 145 Å². The second kappa shape index (κ2) is 7.49. The highest BCUT2D eigenvalue weighted by Gasteiger charge is 2.06. The second-order valence-corrected chi connectivity index (χ2v) is 5.54. The van der Waals surface area contributed by atoms with Crippen LogP contribution >= 0.6 is 0 Å². The number of fused-ring (bicyclic) bond motifs is 1. The molecule has 5 nitrogen and oxygen atoms in total.